The minimum Gasteiger partial charge on any atom is -0.382 e. The van der Waals surface area contributed by atoms with Gasteiger partial charge in [-0.25, -0.2) is 0 Å². The van der Waals surface area contributed by atoms with Gasteiger partial charge in [-0.3, -0.25) is 0 Å². The molecular weight excluding hydrogens is 345 g/mol. The number of fused-ring (bicyclic) bond motifs is 2. The first-order valence-corrected chi connectivity index (χ1v) is 10.3. The summed E-state index contributed by atoms with van der Waals surface area (Å²) in [6.07, 6.45) is 3.39. The monoisotopic (exact) mass is 370 g/mol. The Morgan fingerprint density at radius 3 is 2.56 bits per heavy atom. The van der Waals surface area contributed by atoms with Gasteiger partial charge in [0.25, 0.3) is 0 Å². The van der Waals surface area contributed by atoms with Crippen molar-refractivity contribution in [3.8, 4) is 0 Å². The molecule has 0 aromatic heterocycles. The highest BCUT2D eigenvalue weighted by Gasteiger charge is 2.37. The summed E-state index contributed by atoms with van der Waals surface area (Å²) in [5, 5.41) is 7.27. The van der Waals surface area contributed by atoms with E-state index in [-0.39, 0.29) is 6.04 Å². The fraction of sp³-hybridized carbons (Fsp3) is 0.684. The molecule has 0 spiro atoms. The Hall–Kier alpha value is -0.880. The number of anilines is 1. The van der Waals surface area contributed by atoms with Crippen molar-refractivity contribution in [2.24, 2.45) is 5.92 Å². The summed E-state index contributed by atoms with van der Waals surface area (Å²) in [5.74, 6) is 0.622. The van der Waals surface area contributed by atoms with Crippen LogP contribution in [0.3, 0.4) is 0 Å². The molecule has 0 amide bonds. The summed E-state index contributed by atoms with van der Waals surface area (Å²) < 4.78 is 40.2. The van der Waals surface area contributed by atoms with E-state index >= 15 is 0 Å². The molecule has 2 fully saturated rings. The molecule has 1 aliphatic carbocycles. The molecule has 1 saturated carbocycles. The second-order valence-electron chi connectivity index (χ2n) is 7.57. The Morgan fingerprint density at radius 2 is 1.80 bits per heavy atom. The molecule has 1 saturated heterocycles. The largest absolute Gasteiger partial charge is 0.416 e. The van der Waals surface area contributed by atoms with Gasteiger partial charge in [-0.15, -0.1) is 11.8 Å². The summed E-state index contributed by atoms with van der Waals surface area (Å²) >= 11 is 1.70. The SMILES string of the molecule is FC(F)(F)c1cc(NC2CCNCC2)c2c(c1)SC1CCCCC1C2. The normalized spacial score (nSPS) is 27.5. The molecule has 2 unspecified atom stereocenters. The fourth-order valence-corrected chi connectivity index (χ4v) is 5.99. The minimum atomic E-state index is -4.29. The number of thioether (sulfide) groups is 1. The van der Waals surface area contributed by atoms with Crippen LogP contribution in [0, 0.1) is 5.92 Å². The third kappa shape index (κ3) is 3.80. The van der Waals surface area contributed by atoms with Gasteiger partial charge in [0.05, 0.1) is 5.56 Å². The lowest BCUT2D eigenvalue weighted by atomic mass is 9.83. The third-order valence-electron chi connectivity index (χ3n) is 5.82. The number of rotatable bonds is 2. The summed E-state index contributed by atoms with van der Waals surface area (Å²) in [4.78, 5) is 0.856. The van der Waals surface area contributed by atoms with Crippen molar-refractivity contribution in [2.75, 3.05) is 18.4 Å². The molecule has 2 heterocycles. The number of piperidine rings is 1. The van der Waals surface area contributed by atoms with Crippen LogP contribution in [0.5, 0.6) is 0 Å². The van der Waals surface area contributed by atoms with Crippen LogP contribution >= 0.6 is 11.8 Å². The van der Waals surface area contributed by atoms with E-state index in [0.717, 1.165) is 54.9 Å². The van der Waals surface area contributed by atoms with Crippen LogP contribution in [0.1, 0.15) is 49.7 Å². The van der Waals surface area contributed by atoms with E-state index in [0.29, 0.717) is 11.2 Å². The highest BCUT2D eigenvalue weighted by Crippen LogP contribution is 2.49. The van der Waals surface area contributed by atoms with Crippen molar-refractivity contribution in [3.05, 3.63) is 23.3 Å². The van der Waals surface area contributed by atoms with Gasteiger partial charge in [0, 0.05) is 21.9 Å². The van der Waals surface area contributed by atoms with Crippen molar-refractivity contribution >= 4 is 17.4 Å². The minimum absolute atomic E-state index is 0.267. The van der Waals surface area contributed by atoms with Gasteiger partial charge < -0.3 is 10.6 Å². The van der Waals surface area contributed by atoms with Crippen molar-refractivity contribution < 1.29 is 13.2 Å². The van der Waals surface area contributed by atoms with Crippen LogP contribution in [-0.4, -0.2) is 24.4 Å². The lowest BCUT2D eigenvalue weighted by Crippen LogP contribution is -2.36. The first-order chi connectivity index (χ1) is 12.0. The number of alkyl halides is 3. The van der Waals surface area contributed by atoms with E-state index in [9.17, 15) is 13.2 Å². The molecular formula is C19H25F3N2S. The summed E-state index contributed by atoms with van der Waals surface area (Å²) in [6, 6.07) is 3.01. The van der Waals surface area contributed by atoms with E-state index in [1.54, 1.807) is 11.8 Å². The predicted octanol–water partition coefficient (Wildman–Crippen LogP) is 5.08. The van der Waals surface area contributed by atoms with Gasteiger partial charge >= 0.3 is 6.18 Å². The van der Waals surface area contributed by atoms with Crippen LogP contribution in [0.2, 0.25) is 0 Å². The van der Waals surface area contributed by atoms with Crippen molar-refractivity contribution in [1.82, 2.24) is 5.32 Å². The number of halogens is 3. The number of hydrogen-bond donors (Lipinski definition) is 2. The first kappa shape index (κ1) is 17.5. The fourth-order valence-electron chi connectivity index (χ4n) is 4.43. The second-order valence-corrected chi connectivity index (χ2v) is 8.85. The zero-order valence-corrected chi connectivity index (χ0v) is 15.1. The Balaban J connectivity index is 1.68. The van der Waals surface area contributed by atoms with Crippen LogP contribution in [-0.2, 0) is 12.6 Å². The second kappa shape index (κ2) is 7.03. The smallest absolute Gasteiger partial charge is 0.382 e. The van der Waals surface area contributed by atoms with E-state index in [4.69, 9.17) is 0 Å². The first-order valence-electron chi connectivity index (χ1n) is 9.39. The molecule has 2 N–H and O–H groups in total. The van der Waals surface area contributed by atoms with E-state index in [2.05, 4.69) is 10.6 Å². The number of nitrogens with one attached hydrogen (secondary N) is 2. The number of hydrogen-bond acceptors (Lipinski definition) is 3. The Morgan fingerprint density at radius 1 is 1.04 bits per heavy atom. The molecule has 0 bridgehead atoms. The zero-order valence-electron chi connectivity index (χ0n) is 14.3. The maximum absolute atomic E-state index is 13.4. The van der Waals surface area contributed by atoms with E-state index in [1.165, 1.54) is 31.4 Å². The molecule has 0 radical (unpaired) electrons. The van der Waals surface area contributed by atoms with Crippen molar-refractivity contribution in [2.45, 2.75) is 67.3 Å². The van der Waals surface area contributed by atoms with Gasteiger partial charge in [-0.2, -0.15) is 13.2 Å². The summed E-state index contributed by atoms with van der Waals surface area (Å²) in [7, 11) is 0. The highest BCUT2D eigenvalue weighted by molar-refractivity contribution is 8.00. The summed E-state index contributed by atoms with van der Waals surface area (Å²) in [6.45, 7) is 1.86. The van der Waals surface area contributed by atoms with Crippen molar-refractivity contribution in [1.29, 1.82) is 0 Å². The van der Waals surface area contributed by atoms with Crippen LogP contribution < -0.4 is 10.6 Å². The molecule has 2 nitrogen and oxygen atoms in total. The molecule has 1 aromatic carbocycles. The average Bonchev–Trinajstić information content (AvgIpc) is 2.60. The number of benzene rings is 1. The maximum Gasteiger partial charge on any atom is 0.416 e. The Labute approximate surface area is 151 Å². The molecule has 6 heteroatoms. The van der Waals surface area contributed by atoms with Crippen LogP contribution in [0.15, 0.2) is 17.0 Å². The van der Waals surface area contributed by atoms with Gasteiger partial charge in [-0.05, 0) is 68.8 Å². The molecule has 3 aliphatic rings. The van der Waals surface area contributed by atoms with Crippen LogP contribution in [0.25, 0.3) is 0 Å². The zero-order chi connectivity index (χ0) is 17.4. The molecule has 138 valence electrons. The molecule has 25 heavy (non-hydrogen) atoms. The predicted molar refractivity (Wildman–Crippen MR) is 96.3 cm³/mol. The van der Waals surface area contributed by atoms with Crippen LogP contribution in [0.4, 0.5) is 18.9 Å². The van der Waals surface area contributed by atoms with Gasteiger partial charge in [0.15, 0.2) is 0 Å². The molecule has 4 rings (SSSR count). The van der Waals surface area contributed by atoms with E-state index < -0.39 is 11.7 Å². The molecule has 2 aliphatic heterocycles. The summed E-state index contributed by atoms with van der Waals surface area (Å²) in [5.41, 5.74) is 1.34. The van der Waals surface area contributed by atoms with Gasteiger partial charge in [0.2, 0.25) is 0 Å². The lowest BCUT2D eigenvalue weighted by Gasteiger charge is -2.38. The average molecular weight is 370 g/mol. The standard InChI is InChI=1S/C19H25F3N2S/c20-19(21,22)13-10-16(24-14-5-7-23-8-6-14)15-9-12-3-1-2-4-17(12)25-18(15)11-13/h10-12,14,17,23-24H,1-9H2. The molecule has 2 atom stereocenters. The lowest BCUT2D eigenvalue weighted by molar-refractivity contribution is -0.137. The Kier molecular flexibility index (Phi) is 4.93. The van der Waals surface area contributed by atoms with Gasteiger partial charge in [0.1, 0.15) is 0 Å². The van der Waals surface area contributed by atoms with E-state index in [1.807, 2.05) is 0 Å². The van der Waals surface area contributed by atoms with Crippen molar-refractivity contribution in [3.63, 3.8) is 0 Å². The topological polar surface area (TPSA) is 24.1 Å². The highest BCUT2D eigenvalue weighted by atomic mass is 32.2. The quantitative estimate of drug-likeness (QED) is 0.759. The molecule has 1 aromatic rings. The van der Waals surface area contributed by atoms with Gasteiger partial charge in [-0.1, -0.05) is 12.8 Å². The maximum atomic E-state index is 13.4. The Bertz CT molecular complexity index is 626. The third-order valence-corrected chi connectivity index (χ3v) is 7.36.